The van der Waals surface area contributed by atoms with Crippen molar-refractivity contribution in [1.29, 1.82) is 0 Å². The average molecular weight is 451 g/mol. The van der Waals surface area contributed by atoms with E-state index in [1.54, 1.807) is 41.3 Å². The van der Waals surface area contributed by atoms with Crippen LogP contribution in [0.1, 0.15) is 25.3 Å². The fourth-order valence-corrected chi connectivity index (χ4v) is 5.22. The zero-order valence-corrected chi connectivity index (χ0v) is 19.0. The Morgan fingerprint density at radius 3 is 2.57 bits per heavy atom. The monoisotopic (exact) mass is 450 g/mol. The lowest BCUT2D eigenvalue weighted by Crippen LogP contribution is -2.46. The summed E-state index contributed by atoms with van der Waals surface area (Å²) in [7, 11) is -2.56. The number of nitrogens with zero attached hydrogens (tertiary/aromatic N) is 2. The fourth-order valence-electron chi connectivity index (χ4n) is 3.63. The molecular formula is C22H27ClN2O4S. The number of sulfonamides is 1. The third-order valence-corrected chi connectivity index (χ3v) is 7.32. The first-order valence-corrected chi connectivity index (χ1v) is 11.7. The molecule has 1 aliphatic heterocycles. The predicted octanol–water partition coefficient (Wildman–Crippen LogP) is 4.11. The first-order valence-electron chi connectivity index (χ1n) is 9.93. The molecule has 0 spiro atoms. The van der Waals surface area contributed by atoms with Crippen LogP contribution in [-0.4, -0.2) is 46.0 Å². The van der Waals surface area contributed by atoms with Gasteiger partial charge in [0.2, 0.25) is 5.91 Å². The molecular weight excluding hydrogens is 424 g/mol. The maximum atomic E-state index is 13.6. The van der Waals surface area contributed by atoms with E-state index in [2.05, 4.69) is 6.92 Å². The van der Waals surface area contributed by atoms with Crippen LogP contribution in [0.5, 0.6) is 5.75 Å². The Balaban J connectivity index is 2.04. The Morgan fingerprint density at radius 1 is 1.23 bits per heavy atom. The lowest BCUT2D eigenvalue weighted by atomic mass is 10.0. The highest BCUT2D eigenvalue weighted by Gasteiger charge is 2.32. The van der Waals surface area contributed by atoms with E-state index in [1.807, 2.05) is 6.92 Å². The van der Waals surface area contributed by atoms with Crippen molar-refractivity contribution in [1.82, 2.24) is 4.90 Å². The third kappa shape index (κ3) is 4.90. The number of methoxy groups -OCH3 is 1. The van der Waals surface area contributed by atoms with E-state index < -0.39 is 10.0 Å². The summed E-state index contributed by atoms with van der Waals surface area (Å²) in [6, 6.07) is 11.3. The third-order valence-electron chi connectivity index (χ3n) is 5.31. The number of ether oxygens (including phenoxy) is 1. The summed E-state index contributed by atoms with van der Waals surface area (Å²) in [5.41, 5.74) is 1.18. The number of amides is 1. The van der Waals surface area contributed by atoms with Gasteiger partial charge in [0.25, 0.3) is 10.0 Å². The van der Waals surface area contributed by atoms with Gasteiger partial charge >= 0.3 is 0 Å². The highest BCUT2D eigenvalue weighted by atomic mass is 35.5. The van der Waals surface area contributed by atoms with Gasteiger partial charge in [-0.2, -0.15) is 0 Å². The zero-order valence-electron chi connectivity index (χ0n) is 17.5. The molecule has 6 nitrogen and oxygen atoms in total. The second-order valence-electron chi connectivity index (χ2n) is 7.73. The molecule has 1 atom stereocenters. The Morgan fingerprint density at radius 2 is 1.93 bits per heavy atom. The van der Waals surface area contributed by atoms with Gasteiger partial charge in [0.05, 0.1) is 17.7 Å². The number of hydrogen-bond acceptors (Lipinski definition) is 4. The normalized spacial score (nSPS) is 16.9. The van der Waals surface area contributed by atoms with E-state index in [9.17, 15) is 13.2 Å². The molecule has 0 saturated carbocycles. The van der Waals surface area contributed by atoms with Crippen LogP contribution in [0.3, 0.4) is 0 Å². The zero-order chi connectivity index (χ0) is 21.9. The Bertz CT molecular complexity index is 1010. The second kappa shape index (κ2) is 9.27. The topological polar surface area (TPSA) is 66.9 Å². The first-order chi connectivity index (χ1) is 14.2. The summed E-state index contributed by atoms with van der Waals surface area (Å²) in [5, 5.41) is 0.356. The number of aryl methyl sites for hydroxylation is 1. The van der Waals surface area contributed by atoms with Gasteiger partial charge in [-0.05, 0) is 56.0 Å². The Hall–Kier alpha value is -2.25. The van der Waals surface area contributed by atoms with Gasteiger partial charge < -0.3 is 9.64 Å². The predicted molar refractivity (Wildman–Crippen MR) is 119 cm³/mol. The average Bonchev–Trinajstić information content (AvgIpc) is 2.72. The molecule has 1 unspecified atom stereocenters. The van der Waals surface area contributed by atoms with E-state index in [1.165, 1.54) is 13.2 Å². The lowest BCUT2D eigenvalue weighted by molar-refractivity contribution is -0.131. The summed E-state index contributed by atoms with van der Waals surface area (Å²) in [5.74, 6) is 0.486. The van der Waals surface area contributed by atoms with Crippen LogP contribution in [-0.2, 0) is 14.8 Å². The molecule has 1 amide bonds. The number of anilines is 1. The number of piperidine rings is 1. The molecule has 1 aliphatic rings. The number of halogens is 1. The van der Waals surface area contributed by atoms with E-state index in [0.717, 1.165) is 22.7 Å². The number of carbonyl (C=O) groups is 1. The van der Waals surface area contributed by atoms with Gasteiger partial charge in [0.15, 0.2) is 0 Å². The standard InChI is InChI=1S/C22H27ClN2O4S/c1-16-6-9-19(10-7-16)30(27,28)25(20-13-18(23)8-11-21(20)29-3)15-22(26)24-12-4-5-17(2)14-24/h6-11,13,17H,4-5,12,14-15H2,1-3H3. The molecule has 3 rings (SSSR count). The summed E-state index contributed by atoms with van der Waals surface area (Å²) in [6.07, 6.45) is 1.98. The van der Waals surface area contributed by atoms with Crippen LogP contribution in [0.15, 0.2) is 47.4 Å². The van der Waals surface area contributed by atoms with E-state index in [0.29, 0.717) is 29.8 Å². The molecule has 0 aliphatic carbocycles. The van der Waals surface area contributed by atoms with Gasteiger partial charge in [0.1, 0.15) is 12.3 Å². The molecule has 2 aromatic carbocycles. The van der Waals surface area contributed by atoms with Crippen molar-refractivity contribution in [3.63, 3.8) is 0 Å². The van der Waals surface area contributed by atoms with Gasteiger partial charge in [-0.25, -0.2) is 8.42 Å². The highest BCUT2D eigenvalue weighted by Crippen LogP contribution is 2.35. The fraction of sp³-hybridized carbons (Fsp3) is 0.409. The van der Waals surface area contributed by atoms with Gasteiger partial charge in [-0.3, -0.25) is 9.10 Å². The molecule has 0 radical (unpaired) electrons. The molecule has 2 aromatic rings. The van der Waals surface area contributed by atoms with E-state index in [-0.39, 0.29) is 23.0 Å². The van der Waals surface area contributed by atoms with Crippen LogP contribution < -0.4 is 9.04 Å². The van der Waals surface area contributed by atoms with Crippen molar-refractivity contribution in [2.24, 2.45) is 5.92 Å². The number of rotatable bonds is 6. The minimum absolute atomic E-state index is 0.106. The summed E-state index contributed by atoms with van der Waals surface area (Å²) in [6.45, 7) is 4.92. The molecule has 0 N–H and O–H groups in total. The van der Waals surface area contributed by atoms with Crippen LogP contribution in [0.4, 0.5) is 5.69 Å². The molecule has 30 heavy (non-hydrogen) atoms. The van der Waals surface area contributed by atoms with Gasteiger partial charge in [-0.15, -0.1) is 0 Å². The summed E-state index contributed by atoms with van der Waals surface area (Å²) >= 11 is 6.17. The van der Waals surface area contributed by atoms with Crippen molar-refractivity contribution in [2.75, 3.05) is 31.0 Å². The minimum Gasteiger partial charge on any atom is -0.495 e. The van der Waals surface area contributed by atoms with Crippen LogP contribution in [0, 0.1) is 12.8 Å². The van der Waals surface area contributed by atoms with E-state index in [4.69, 9.17) is 16.3 Å². The minimum atomic E-state index is -4.02. The van der Waals surface area contributed by atoms with Crippen molar-refractivity contribution in [3.8, 4) is 5.75 Å². The van der Waals surface area contributed by atoms with Crippen molar-refractivity contribution >= 4 is 33.2 Å². The van der Waals surface area contributed by atoms with Crippen LogP contribution in [0.2, 0.25) is 5.02 Å². The summed E-state index contributed by atoms with van der Waals surface area (Å²) < 4.78 is 33.6. The number of hydrogen-bond donors (Lipinski definition) is 0. The van der Waals surface area contributed by atoms with Crippen molar-refractivity contribution < 1.29 is 17.9 Å². The Kier molecular flexibility index (Phi) is 6.93. The maximum absolute atomic E-state index is 13.6. The first kappa shape index (κ1) is 22.4. The quantitative estimate of drug-likeness (QED) is 0.664. The second-order valence-corrected chi connectivity index (χ2v) is 10.0. The Labute approximate surface area is 183 Å². The van der Waals surface area contributed by atoms with Crippen LogP contribution >= 0.6 is 11.6 Å². The maximum Gasteiger partial charge on any atom is 0.264 e. The van der Waals surface area contributed by atoms with E-state index >= 15 is 0 Å². The van der Waals surface area contributed by atoms with Crippen molar-refractivity contribution in [2.45, 2.75) is 31.6 Å². The lowest BCUT2D eigenvalue weighted by Gasteiger charge is -2.33. The van der Waals surface area contributed by atoms with Crippen LogP contribution in [0.25, 0.3) is 0 Å². The highest BCUT2D eigenvalue weighted by molar-refractivity contribution is 7.92. The molecule has 8 heteroatoms. The number of carbonyl (C=O) groups excluding carboxylic acids is 1. The van der Waals surface area contributed by atoms with Crippen molar-refractivity contribution in [3.05, 3.63) is 53.1 Å². The van der Waals surface area contributed by atoms with Gasteiger partial charge in [0, 0.05) is 18.1 Å². The van der Waals surface area contributed by atoms with Gasteiger partial charge in [-0.1, -0.05) is 36.2 Å². The molecule has 0 bridgehead atoms. The number of benzene rings is 2. The number of likely N-dealkylation sites (tertiary alicyclic amines) is 1. The molecule has 1 heterocycles. The molecule has 1 saturated heterocycles. The smallest absolute Gasteiger partial charge is 0.264 e. The molecule has 0 aromatic heterocycles. The largest absolute Gasteiger partial charge is 0.495 e. The molecule has 162 valence electrons. The molecule has 1 fully saturated rings. The SMILES string of the molecule is COc1ccc(Cl)cc1N(CC(=O)N1CCCC(C)C1)S(=O)(=O)c1ccc(C)cc1. The summed E-state index contributed by atoms with van der Waals surface area (Å²) in [4.78, 5) is 14.9.